The van der Waals surface area contributed by atoms with Gasteiger partial charge in [-0.3, -0.25) is 14.4 Å². The minimum atomic E-state index is -0.964. The van der Waals surface area contributed by atoms with Crippen LogP contribution in [-0.2, 0) is 20.8 Å². The molecule has 4 N–H and O–H groups in total. The Morgan fingerprint density at radius 3 is 2.52 bits per heavy atom. The van der Waals surface area contributed by atoms with E-state index in [2.05, 4.69) is 16.0 Å². The van der Waals surface area contributed by atoms with Gasteiger partial charge in [-0.25, -0.2) is 0 Å². The second kappa shape index (κ2) is 12.4. The van der Waals surface area contributed by atoms with Crippen molar-refractivity contribution < 1.29 is 24.2 Å². The fraction of sp³-hybridized carbons (Fsp3) is 0.318. The molecule has 0 aromatic heterocycles. The molecule has 1 atom stereocenters. The first-order chi connectivity index (χ1) is 14.9. The monoisotopic (exact) mass is 447 g/mol. The molecule has 0 spiro atoms. The highest BCUT2D eigenvalue weighted by Crippen LogP contribution is 2.17. The van der Waals surface area contributed by atoms with Crippen LogP contribution < -0.4 is 20.7 Å². The predicted octanol–water partition coefficient (Wildman–Crippen LogP) is 2.82. The number of carbonyl (C=O) groups excluding carboxylic acids is 2. The Hall–Kier alpha value is -3.26. The van der Waals surface area contributed by atoms with Crippen molar-refractivity contribution in [3.63, 3.8) is 0 Å². The summed E-state index contributed by atoms with van der Waals surface area (Å²) in [5.41, 5.74) is 1.35. The number of likely N-dealkylation sites (N-methyl/N-ethyl adjacent to an activating group) is 1. The Morgan fingerprint density at radius 2 is 1.87 bits per heavy atom. The molecule has 166 valence electrons. The van der Waals surface area contributed by atoms with Crippen LogP contribution in [0.25, 0.3) is 0 Å². The first-order valence-corrected chi connectivity index (χ1v) is 10.3. The Kier molecular flexibility index (Phi) is 9.64. The van der Waals surface area contributed by atoms with Gasteiger partial charge in [0.25, 0.3) is 5.91 Å². The maximum Gasteiger partial charge on any atom is 0.303 e. The largest absolute Gasteiger partial charge is 0.494 e. The highest BCUT2D eigenvalue weighted by atomic mass is 35.5. The van der Waals surface area contributed by atoms with E-state index in [0.29, 0.717) is 36.0 Å². The van der Waals surface area contributed by atoms with Gasteiger partial charge in [0.05, 0.1) is 13.0 Å². The summed E-state index contributed by atoms with van der Waals surface area (Å²) in [7, 11) is 0. The number of rotatable bonds is 12. The van der Waals surface area contributed by atoms with Crippen LogP contribution in [0.1, 0.15) is 25.3 Å². The molecule has 9 heteroatoms. The number of aliphatic carboxylic acids is 1. The highest BCUT2D eigenvalue weighted by Gasteiger charge is 2.20. The molecule has 8 nitrogen and oxygen atoms in total. The number of carbonyl (C=O) groups is 3. The maximum absolute atomic E-state index is 12.4. The van der Waals surface area contributed by atoms with Crippen molar-refractivity contribution in [2.75, 3.05) is 18.5 Å². The molecule has 0 aliphatic carbocycles. The molecular formula is C22H26ClN3O5. The summed E-state index contributed by atoms with van der Waals surface area (Å²) in [5, 5.41) is 17.6. The third-order valence-electron chi connectivity index (χ3n) is 4.14. The minimum absolute atomic E-state index is 0.0444. The first kappa shape index (κ1) is 24.0. The van der Waals surface area contributed by atoms with E-state index in [-0.39, 0.29) is 24.7 Å². The number of amides is 2. The van der Waals surface area contributed by atoms with Gasteiger partial charge in [0.15, 0.2) is 6.17 Å². The number of hydrogen-bond acceptors (Lipinski definition) is 5. The third kappa shape index (κ3) is 8.96. The Balaban J connectivity index is 1.96. The van der Waals surface area contributed by atoms with Crippen molar-refractivity contribution in [1.29, 1.82) is 0 Å². The zero-order valence-electron chi connectivity index (χ0n) is 17.2. The lowest BCUT2D eigenvalue weighted by molar-refractivity contribution is -0.137. The summed E-state index contributed by atoms with van der Waals surface area (Å²) in [6.07, 6.45) is -0.425. The lowest BCUT2D eigenvalue weighted by Crippen LogP contribution is -2.51. The van der Waals surface area contributed by atoms with E-state index in [9.17, 15) is 14.4 Å². The maximum atomic E-state index is 12.4. The van der Waals surface area contributed by atoms with Crippen LogP contribution in [0.3, 0.4) is 0 Å². The van der Waals surface area contributed by atoms with Gasteiger partial charge in [-0.15, -0.1) is 0 Å². The zero-order valence-corrected chi connectivity index (χ0v) is 17.9. The van der Waals surface area contributed by atoms with Crippen LogP contribution in [0.4, 0.5) is 5.69 Å². The molecule has 2 rings (SSSR count). The van der Waals surface area contributed by atoms with Crippen molar-refractivity contribution in [3.05, 3.63) is 59.1 Å². The van der Waals surface area contributed by atoms with Crippen LogP contribution in [0.2, 0.25) is 5.02 Å². The molecular weight excluding hydrogens is 422 g/mol. The second-order valence-electron chi connectivity index (χ2n) is 6.72. The molecule has 0 aliphatic heterocycles. The van der Waals surface area contributed by atoms with Crippen LogP contribution in [0, 0.1) is 0 Å². The smallest absolute Gasteiger partial charge is 0.303 e. The summed E-state index contributed by atoms with van der Waals surface area (Å²) < 4.78 is 5.49. The van der Waals surface area contributed by atoms with E-state index in [1.165, 1.54) is 0 Å². The van der Waals surface area contributed by atoms with E-state index in [0.717, 1.165) is 5.56 Å². The number of nitrogens with one attached hydrogen (secondary N) is 3. The predicted molar refractivity (Wildman–Crippen MR) is 118 cm³/mol. The van der Waals surface area contributed by atoms with E-state index < -0.39 is 12.1 Å². The third-order valence-corrected chi connectivity index (χ3v) is 4.38. The van der Waals surface area contributed by atoms with Crippen LogP contribution in [0.5, 0.6) is 5.75 Å². The zero-order chi connectivity index (χ0) is 22.6. The molecule has 31 heavy (non-hydrogen) atoms. The van der Waals surface area contributed by atoms with E-state index in [1.807, 2.05) is 0 Å². The average molecular weight is 448 g/mol. The van der Waals surface area contributed by atoms with E-state index >= 15 is 0 Å². The van der Waals surface area contributed by atoms with Crippen molar-refractivity contribution in [1.82, 2.24) is 10.6 Å². The SMILES string of the molecule is CCNC(=O)C(NC(=O)Cc1cccc(Cl)c1)Nc1ccc(OCCCC(=O)O)cc1. The van der Waals surface area contributed by atoms with Crippen LogP contribution in [0.15, 0.2) is 48.5 Å². The topological polar surface area (TPSA) is 117 Å². The number of carboxylic acid groups (broad SMARTS) is 1. The number of benzene rings is 2. The van der Waals surface area contributed by atoms with Gasteiger partial charge < -0.3 is 25.8 Å². The number of halogens is 1. The van der Waals surface area contributed by atoms with Crippen LogP contribution in [-0.4, -0.2) is 42.2 Å². The first-order valence-electron chi connectivity index (χ1n) is 9.90. The number of ether oxygens (including phenoxy) is 1. The van der Waals surface area contributed by atoms with Crippen molar-refractivity contribution in [2.24, 2.45) is 0 Å². The van der Waals surface area contributed by atoms with Gasteiger partial charge >= 0.3 is 5.97 Å². The van der Waals surface area contributed by atoms with E-state index in [1.54, 1.807) is 55.5 Å². The molecule has 2 aromatic carbocycles. The summed E-state index contributed by atoms with van der Waals surface area (Å²) in [5.74, 6) is -0.979. The molecule has 2 aromatic rings. The number of carboxylic acids is 1. The Labute approximate surface area is 185 Å². The summed E-state index contributed by atoms with van der Waals surface area (Å²) in [4.78, 5) is 35.4. The molecule has 0 saturated carbocycles. The molecule has 0 aliphatic rings. The molecule has 2 amide bonds. The molecule has 0 bridgehead atoms. The second-order valence-corrected chi connectivity index (χ2v) is 7.15. The van der Waals surface area contributed by atoms with Crippen molar-refractivity contribution in [2.45, 2.75) is 32.4 Å². The molecule has 0 heterocycles. The van der Waals surface area contributed by atoms with Crippen LogP contribution >= 0.6 is 11.6 Å². The average Bonchev–Trinajstić information content (AvgIpc) is 2.72. The summed E-state index contributed by atoms with van der Waals surface area (Å²) in [6.45, 7) is 2.50. The number of anilines is 1. The fourth-order valence-corrected chi connectivity index (χ4v) is 2.93. The molecule has 0 saturated heterocycles. The molecule has 1 unspecified atom stereocenters. The molecule has 0 radical (unpaired) electrons. The normalized spacial score (nSPS) is 11.3. The highest BCUT2D eigenvalue weighted by molar-refractivity contribution is 6.30. The van der Waals surface area contributed by atoms with Gasteiger partial charge in [0.1, 0.15) is 5.75 Å². The fourth-order valence-electron chi connectivity index (χ4n) is 2.72. The number of hydrogen-bond donors (Lipinski definition) is 4. The van der Waals surface area contributed by atoms with Crippen molar-refractivity contribution >= 4 is 35.1 Å². The molecule has 0 fully saturated rings. The Morgan fingerprint density at radius 1 is 1.13 bits per heavy atom. The minimum Gasteiger partial charge on any atom is -0.494 e. The standard InChI is InChI=1S/C22H26ClN3O5/c1-2-24-22(30)21(26-19(27)14-15-5-3-6-16(23)13-15)25-17-8-10-18(11-9-17)31-12-4-7-20(28)29/h3,5-6,8-11,13,21,25H,2,4,7,12,14H2,1H3,(H,24,30)(H,26,27)(H,28,29). The lowest BCUT2D eigenvalue weighted by Gasteiger charge is -2.21. The quantitative estimate of drug-likeness (QED) is 0.293. The van der Waals surface area contributed by atoms with E-state index in [4.69, 9.17) is 21.4 Å². The Bertz CT molecular complexity index is 889. The van der Waals surface area contributed by atoms with Gasteiger partial charge in [-0.1, -0.05) is 23.7 Å². The summed E-state index contributed by atoms with van der Waals surface area (Å²) >= 11 is 5.96. The van der Waals surface area contributed by atoms with Gasteiger partial charge in [0.2, 0.25) is 5.91 Å². The summed E-state index contributed by atoms with van der Waals surface area (Å²) in [6, 6.07) is 13.8. The van der Waals surface area contributed by atoms with Gasteiger partial charge in [-0.2, -0.15) is 0 Å². The van der Waals surface area contributed by atoms with Gasteiger partial charge in [-0.05, 0) is 55.3 Å². The van der Waals surface area contributed by atoms with Gasteiger partial charge in [0, 0.05) is 23.7 Å². The van der Waals surface area contributed by atoms with Crippen molar-refractivity contribution in [3.8, 4) is 5.75 Å². The lowest BCUT2D eigenvalue weighted by atomic mass is 10.1.